The summed E-state index contributed by atoms with van der Waals surface area (Å²) >= 11 is 1.78. The molecule has 231 valence electrons. The zero-order chi connectivity index (χ0) is 32.3. The quantitative estimate of drug-likeness (QED) is 0.126. The topological polar surface area (TPSA) is 0 Å². The van der Waals surface area contributed by atoms with Crippen LogP contribution in [0.2, 0.25) is 0 Å². The van der Waals surface area contributed by atoms with Gasteiger partial charge in [-0.1, -0.05) is 131 Å². The first-order valence-electron chi connectivity index (χ1n) is 15.7. The summed E-state index contributed by atoms with van der Waals surface area (Å²) in [6.07, 6.45) is 4.62. The van der Waals surface area contributed by atoms with Gasteiger partial charge in [0.1, 0.15) is 0 Å². The number of hydrogen-bond acceptors (Lipinski definition) is 0. The Morgan fingerprint density at radius 1 is 0.614 bits per heavy atom. The summed E-state index contributed by atoms with van der Waals surface area (Å²) in [5.41, 5.74) is 7.89. The fourth-order valence-corrected chi connectivity index (χ4v) is 4.92. The van der Waals surface area contributed by atoms with Crippen LogP contribution in [-0.4, -0.2) is 7.52 Å². The van der Waals surface area contributed by atoms with Crippen molar-refractivity contribution < 1.29 is 19.8 Å². The molecule has 0 spiro atoms. The van der Waals surface area contributed by atoms with Crippen molar-refractivity contribution in [1.29, 1.82) is 0 Å². The van der Waals surface area contributed by atoms with Crippen molar-refractivity contribution in [3.8, 4) is 22.3 Å². The molecule has 0 saturated carbocycles. The number of aryl methyl sites for hydroxylation is 2. The molecule has 0 saturated heterocycles. The van der Waals surface area contributed by atoms with Crippen molar-refractivity contribution in [3.63, 3.8) is 0 Å². The van der Waals surface area contributed by atoms with Crippen LogP contribution in [0.1, 0.15) is 57.6 Å². The molecule has 0 atom stereocenters. The summed E-state index contributed by atoms with van der Waals surface area (Å²) in [7, 11) is 1.91. The molecule has 0 aromatic heterocycles. The van der Waals surface area contributed by atoms with E-state index in [0.29, 0.717) is 0 Å². The second-order valence-electron chi connectivity index (χ2n) is 11.3. The zero-order valence-electron chi connectivity index (χ0n) is 27.5. The Morgan fingerprint density at radius 2 is 1.00 bits per heavy atom. The van der Waals surface area contributed by atoms with Gasteiger partial charge in [0.2, 0.25) is 0 Å². The summed E-state index contributed by atoms with van der Waals surface area (Å²) < 4.78 is 0. The predicted octanol–water partition coefficient (Wildman–Crippen LogP) is 12.0. The van der Waals surface area contributed by atoms with Crippen LogP contribution in [-0.2, 0) is 19.8 Å². The van der Waals surface area contributed by atoms with Gasteiger partial charge >= 0.3 is 27.3 Å². The molecule has 0 bridgehead atoms. The maximum absolute atomic E-state index is 3.73. The first-order chi connectivity index (χ1) is 21.4. The maximum atomic E-state index is 3.73. The van der Waals surface area contributed by atoms with Gasteiger partial charge in [-0.15, -0.1) is 69.1 Å². The predicted molar refractivity (Wildman–Crippen MR) is 198 cm³/mol. The third-order valence-corrected chi connectivity index (χ3v) is 7.09. The number of hydrogen-bond donors (Lipinski definition) is 0. The molecule has 0 radical (unpaired) electrons. The van der Waals surface area contributed by atoms with Gasteiger partial charge in [0, 0.05) is 0 Å². The van der Waals surface area contributed by atoms with E-state index in [2.05, 4.69) is 170 Å². The minimum atomic E-state index is 0.836. The third kappa shape index (κ3) is 11.9. The molecule has 0 fully saturated rings. The Kier molecular flexibility index (Phi) is 17.7. The molecular formula is C42H50NbSi-4. The molecule has 6 aromatic carbocycles. The standard InChI is InChI=1S/2C16H13.C6H13.C4H9.Nb.H2Si/c2*1-12-10-14-8-5-9-15(16(14)11-12)13-6-3-2-4-7-13;1-4-5-6(2)3;1-3-4-2;;/h2*2-11H,1H3;6H,1,4-5H2,2-3H3;1,3-4H2,2H3;;1H2/q4*-1;;. The molecule has 0 unspecified atom stereocenters. The van der Waals surface area contributed by atoms with Crippen molar-refractivity contribution in [2.75, 3.05) is 0 Å². The van der Waals surface area contributed by atoms with Crippen molar-refractivity contribution in [2.24, 2.45) is 5.92 Å². The van der Waals surface area contributed by atoms with Crippen LogP contribution in [0.25, 0.3) is 43.8 Å². The number of benzene rings is 4. The van der Waals surface area contributed by atoms with E-state index in [9.17, 15) is 0 Å². The molecule has 0 nitrogen and oxygen atoms in total. The molecule has 6 aromatic rings. The number of fused-ring (bicyclic) bond motifs is 2. The SMILES string of the molecule is Cc1cc2c(-c3ccccc3)cccc2[cH-]1.Cc1cc2c(-c3ccccc3)cccc2[cH-]1.[CH2-]CCC.[CH2-]CCC(C)C.[SiH2]=[Nb]. The van der Waals surface area contributed by atoms with E-state index in [1.807, 2.05) is 7.52 Å². The summed E-state index contributed by atoms with van der Waals surface area (Å²) in [5, 5.41) is 5.37. The summed E-state index contributed by atoms with van der Waals surface area (Å²) in [4.78, 5) is 0. The third-order valence-electron chi connectivity index (χ3n) is 7.09. The van der Waals surface area contributed by atoms with Gasteiger partial charge in [0.25, 0.3) is 0 Å². The Morgan fingerprint density at radius 3 is 1.30 bits per heavy atom. The molecular weight excluding hydrogens is 625 g/mol. The van der Waals surface area contributed by atoms with Crippen molar-refractivity contribution in [1.82, 2.24) is 0 Å². The average molecular weight is 676 g/mol. The normalized spacial score (nSPS) is 9.98. The van der Waals surface area contributed by atoms with Crippen LogP contribution >= 0.6 is 0 Å². The van der Waals surface area contributed by atoms with E-state index in [4.69, 9.17) is 0 Å². The van der Waals surface area contributed by atoms with E-state index in [1.54, 1.807) is 19.8 Å². The fourth-order valence-electron chi connectivity index (χ4n) is 4.92. The first-order valence-corrected chi connectivity index (χ1v) is 21.0. The molecule has 44 heavy (non-hydrogen) atoms. The molecule has 0 N–H and O–H groups in total. The van der Waals surface area contributed by atoms with Gasteiger partial charge in [-0.2, -0.15) is 25.0 Å². The Labute approximate surface area is 282 Å². The fraction of sp³-hybridized carbons (Fsp3) is 0.238. The van der Waals surface area contributed by atoms with Crippen molar-refractivity contribution in [2.45, 2.75) is 60.3 Å². The second kappa shape index (κ2) is 20.9. The molecule has 0 aliphatic carbocycles. The van der Waals surface area contributed by atoms with E-state index in [1.165, 1.54) is 67.8 Å². The van der Waals surface area contributed by atoms with Gasteiger partial charge in [0.05, 0.1) is 0 Å². The first kappa shape index (κ1) is 37.2. The molecule has 0 aliphatic rings. The summed E-state index contributed by atoms with van der Waals surface area (Å²) in [6.45, 7) is 18.2. The molecule has 0 heterocycles. The number of unbranched alkanes of at least 4 members (excludes halogenated alkanes) is 1. The van der Waals surface area contributed by atoms with E-state index in [-0.39, 0.29) is 0 Å². The Balaban J connectivity index is 0.000000227. The van der Waals surface area contributed by atoms with Crippen LogP contribution in [0.15, 0.2) is 121 Å². The van der Waals surface area contributed by atoms with Crippen LogP contribution in [0.4, 0.5) is 0 Å². The van der Waals surface area contributed by atoms with Gasteiger partial charge in [-0.05, 0) is 17.0 Å². The number of rotatable bonds is 5. The van der Waals surface area contributed by atoms with Crippen LogP contribution in [0.5, 0.6) is 0 Å². The van der Waals surface area contributed by atoms with Gasteiger partial charge in [-0.3, -0.25) is 0 Å². The summed E-state index contributed by atoms with van der Waals surface area (Å²) in [5.74, 6) is 0.836. The molecule has 0 amide bonds. The Hall–Kier alpha value is -2.94. The monoisotopic (exact) mass is 675 g/mol. The van der Waals surface area contributed by atoms with Crippen LogP contribution < -0.4 is 0 Å². The zero-order valence-corrected chi connectivity index (χ0v) is 31.1. The molecule has 2 heteroatoms. The van der Waals surface area contributed by atoms with Gasteiger partial charge < -0.3 is 13.8 Å². The van der Waals surface area contributed by atoms with Crippen LogP contribution in [0, 0.1) is 33.6 Å². The van der Waals surface area contributed by atoms with Gasteiger partial charge in [-0.25, -0.2) is 0 Å². The van der Waals surface area contributed by atoms with E-state index >= 15 is 0 Å². The molecule has 6 rings (SSSR count). The second-order valence-corrected chi connectivity index (χ2v) is 11.3. The molecule has 0 aliphatic heterocycles. The van der Waals surface area contributed by atoms with Crippen molar-refractivity contribution >= 4 is 29.1 Å². The van der Waals surface area contributed by atoms with Crippen molar-refractivity contribution in [3.05, 3.63) is 146 Å². The van der Waals surface area contributed by atoms with E-state index < -0.39 is 0 Å². The van der Waals surface area contributed by atoms with Gasteiger partial charge in [0.15, 0.2) is 0 Å². The van der Waals surface area contributed by atoms with Crippen LogP contribution in [0.3, 0.4) is 0 Å². The Bertz CT molecular complexity index is 1490. The minimum absolute atomic E-state index is 0.836. The van der Waals surface area contributed by atoms with E-state index in [0.717, 1.165) is 18.8 Å². The summed E-state index contributed by atoms with van der Waals surface area (Å²) in [6, 6.07) is 43.1. The average Bonchev–Trinajstić information content (AvgIpc) is 3.64.